The second-order valence-corrected chi connectivity index (χ2v) is 11.0. The van der Waals surface area contributed by atoms with Crippen molar-refractivity contribution in [2.75, 3.05) is 25.5 Å². The molecule has 0 saturated carbocycles. The Morgan fingerprint density at radius 1 is 1.14 bits per heavy atom. The van der Waals surface area contributed by atoms with E-state index < -0.39 is 10.0 Å². The van der Waals surface area contributed by atoms with Crippen molar-refractivity contribution in [2.24, 2.45) is 0 Å². The van der Waals surface area contributed by atoms with Gasteiger partial charge in [0.25, 0.3) is 0 Å². The van der Waals surface area contributed by atoms with Gasteiger partial charge in [0.15, 0.2) is 0 Å². The van der Waals surface area contributed by atoms with E-state index in [1.165, 1.54) is 18.4 Å². The largest absolute Gasteiger partial charge is 0.352 e. The van der Waals surface area contributed by atoms with E-state index >= 15 is 0 Å². The summed E-state index contributed by atoms with van der Waals surface area (Å²) in [6.07, 6.45) is 2.20. The second-order valence-electron chi connectivity index (χ2n) is 8.80. The van der Waals surface area contributed by atoms with Crippen LogP contribution >= 0.6 is 0 Å². The molecule has 1 aliphatic rings. The molecule has 1 fully saturated rings. The number of imidazole rings is 1. The molecular formula is C25H31N5O4S. The first-order valence-electron chi connectivity index (χ1n) is 11.8. The number of rotatable bonds is 9. The van der Waals surface area contributed by atoms with Gasteiger partial charge >= 0.3 is 0 Å². The van der Waals surface area contributed by atoms with Gasteiger partial charge in [-0.1, -0.05) is 12.1 Å². The summed E-state index contributed by atoms with van der Waals surface area (Å²) in [5, 5.41) is 2.94. The molecule has 0 spiro atoms. The first kappa shape index (κ1) is 24.9. The molecule has 0 bridgehead atoms. The number of carbonyl (C=O) groups is 2. The highest BCUT2D eigenvalue weighted by molar-refractivity contribution is 7.89. The van der Waals surface area contributed by atoms with E-state index in [-0.39, 0.29) is 23.1 Å². The number of nitrogens with zero attached hydrogens (tertiary/aromatic N) is 4. The molecule has 1 aromatic heterocycles. The zero-order chi connectivity index (χ0) is 25.2. The average Bonchev–Trinajstić information content (AvgIpc) is 3.43. The zero-order valence-corrected chi connectivity index (χ0v) is 21.1. The Balaban J connectivity index is 1.38. The number of amides is 2. The van der Waals surface area contributed by atoms with Crippen molar-refractivity contribution in [1.29, 1.82) is 0 Å². The maximum absolute atomic E-state index is 12.5. The standard InChI is InChI=1S/C25H31N5O4S/c1-4-29-22-12-11-20(35(33,34)28(2)3)16-21(22)27-23(29)13-14-24(31)26-17-18-7-9-19(10-8-18)30-15-5-6-25(30)32/h7-12,16H,4-6,13-15,17H2,1-3H3,(H,26,31). The van der Waals surface area contributed by atoms with Crippen molar-refractivity contribution in [1.82, 2.24) is 19.2 Å². The van der Waals surface area contributed by atoms with Gasteiger partial charge in [-0.2, -0.15) is 0 Å². The van der Waals surface area contributed by atoms with E-state index in [4.69, 9.17) is 0 Å². The lowest BCUT2D eigenvalue weighted by molar-refractivity contribution is -0.121. The van der Waals surface area contributed by atoms with E-state index in [0.717, 1.165) is 35.6 Å². The third-order valence-electron chi connectivity index (χ3n) is 6.28. The Bertz CT molecular complexity index is 1350. The molecule has 0 unspecified atom stereocenters. The van der Waals surface area contributed by atoms with Crippen LogP contribution in [0.3, 0.4) is 0 Å². The lowest BCUT2D eigenvalue weighted by atomic mass is 10.2. The molecule has 0 radical (unpaired) electrons. The van der Waals surface area contributed by atoms with Crippen LogP contribution in [0.2, 0.25) is 0 Å². The minimum absolute atomic E-state index is 0.0885. The van der Waals surface area contributed by atoms with Crippen molar-refractivity contribution < 1.29 is 18.0 Å². The van der Waals surface area contributed by atoms with Crippen LogP contribution in [0.5, 0.6) is 0 Å². The SMILES string of the molecule is CCn1c(CCC(=O)NCc2ccc(N3CCCC3=O)cc2)nc2cc(S(=O)(=O)N(C)C)ccc21. The highest BCUT2D eigenvalue weighted by atomic mass is 32.2. The number of sulfonamides is 1. The molecule has 4 rings (SSSR count). The van der Waals surface area contributed by atoms with Gasteiger partial charge in [-0.05, 0) is 49.2 Å². The van der Waals surface area contributed by atoms with Crippen molar-refractivity contribution in [2.45, 2.75) is 50.6 Å². The lowest BCUT2D eigenvalue weighted by Crippen LogP contribution is -2.24. The van der Waals surface area contributed by atoms with E-state index in [0.29, 0.717) is 31.4 Å². The first-order valence-corrected chi connectivity index (χ1v) is 13.2. The summed E-state index contributed by atoms with van der Waals surface area (Å²) in [6.45, 7) is 3.82. The maximum atomic E-state index is 12.5. The molecule has 2 amide bonds. The summed E-state index contributed by atoms with van der Waals surface area (Å²) >= 11 is 0. The van der Waals surface area contributed by atoms with Crippen LogP contribution in [0.15, 0.2) is 47.4 Å². The summed E-state index contributed by atoms with van der Waals surface area (Å²) in [4.78, 5) is 31.0. The summed E-state index contributed by atoms with van der Waals surface area (Å²) in [5.74, 6) is 0.811. The quantitative estimate of drug-likeness (QED) is 0.489. The Kier molecular flexibility index (Phi) is 7.23. The minimum atomic E-state index is -3.55. The molecule has 1 aliphatic heterocycles. The second kappa shape index (κ2) is 10.2. The van der Waals surface area contributed by atoms with Gasteiger partial charge in [0.1, 0.15) is 5.82 Å². The summed E-state index contributed by atoms with van der Waals surface area (Å²) < 4.78 is 28.1. The van der Waals surface area contributed by atoms with Gasteiger partial charge < -0.3 is 14.8 Å². The van der Waals surface area contributed by atoms with Gasteiger partial charge in [0, 0.05) is 58.7 Å². The minimum Gasteiger partial charge on any atom is -0.352 e. The fourth-order valence-electron chi connectivity index (χ4n) is 4.30. The molecule has 9 nitrogen and oxygen atoms in total. The number of hydrogen-bond donors (Lipinski definition) is 1. The number of aryl methyl sites for hydroxylation is 2. The first-order chi connectivity index (χ1) is 16.7. The van der Waals surface area contributed by atoms with Crippen molar-refractivity contribution in [3.05, 3.63) is 53.9 Å². The fourth-order valence-corrected chi connectivity index (χ4v) is 5.23. The molecule has 1 saturated heterocycles. The molecule has 186 valence electrons. The molecular weight excluding hydrogens is 466 g/mol. The molecule has 1 N–H and O–H groups in total. The molecule has 0 atom stereocenters. The summed E-state index contributed by atoms with van der Waals surface area (Å²) in [7, 11) is -0.554. The maximum Gasteiger partial charge on any atom is 0.242 e. The highest BCUT2D eigenvalue weighted by Gasteiger charge is 2.22. The van der Waals surface area contributed by atoms with Crippen molar-refractivity contribution >= 4 is 38.6 Å². The molecule has 2 heterocycles. The third-order valence-corrected chi connectivity index (χ3v) is 8.09. The monoisotopic (exact) mass is 497 g/mol. The predicted molar refractivity (Wildman–Crippen MR) is 134 cm³/mol. The highest BCUT2D eigenvalue weighted by Crippen LogP contribution is 2.23. The van der Waals surface area contributed by atoms with Crippen LogP contribution in [0.25, 0.3) is 11.0 Å². The van der Waals surface area contributed by atoms with Crippen LogP contribution in [-0.2, 0) is 39.1 Å². The number of anilines is 1. The Morgan fingerprint density at radius 2 is 1.89 bits per heavy atom. The van der Waals surface area contributed by atoms with Crippen LogP contribution in [0, 0.1) is 0 Å². The summed E-state index contributed by atoms with van der Waals surface area (Å²) in [5.41, 5.74) is 3.30. The molecule has 3 aromatic rings. The smallest absolute Gasteiger partial charge is 0.242 e. The Hall–Kier alpha value is -3.24. The number of nitrogens with one attached hydrogen (secondary N) is 1. The normalized spacial score (nSPS) is 14.3. The van der Waals surface area contributed by atoms with Crippen LogP contribution in [0.4, 0.5) is 5.69 Å². The zero-order valence-electron chi connectivity index (χ0n) is 20.3. The topological polar surface area (TPSA) is 105 Å². The van der Waals surface area contributed by atoms with Gasteiger partial charge in [-0.15, -0.1) is 0 Å². The molecule has 2 aromatic carbocycles. The predicted octanol–water partition coefficient (Wildman–Crippen LogP) is 2.68. The number of fused-ring (bicyclic) bond motifs is 1. The third kappa shape index (κ3) is 5.23. The lowest BCUT2D eigenvalue weighted by Gasteiger charge is -2.16. The number of carbonyl (C=O) groups excluding carboxylic acids is 2. The molecule has 10 heteroatoms. The van der Waals surface area contributed by atoms with Crippen molar-refractivity contribution in [3.63, 3.8) is 0 Å². The number of aromatic nitrogens is 2. The van der Waals surface area contributed by atoms with E-state index in [9.17, 15) is 18.0 Å². The number of hydrogen-bond acceptors (Lipinski definition) is 5. The Morgan fingerprint density at radius 3 is 2.51 bits per heavy atom. The molecule has 0 aliphatic carbocycles. The van der Waals surface area contributed by atoms with Gasteiger partial charge in [0.2, 0.25) is 21.8 Å². The Labute approximate surface area is 205 Å². The van der Waals surface area contributed by atoms with E-state index in [1.54, 1.807) is 23.1 Å². The fraction of sp³-hybridized carbons (Fsp3) is 0.400. The van der Waals surface area contributed by atoms with E-state index in [2.05, 4.69) is 10.3 Å². The van der Waals surface area contributed by atoms with Gasteiger partial charge in [-0.3, -0.25) is 9.59 Å². The van der Waals surface area contributed by atoms with Crippen molar-refractivity contribution in [3.8, 4) is 0 Å². The van der Waals surface area contributed by atoms with E-state index in [1.807, 2.05) is 35.8 Å². The van der Waals surface area contributed by atoms with Crippen LogP contribution in [0.1, 0.15) is 37.6 Å². The average molecular weight is 498 g/mol. The van der Waals surface area contributed by atoms with Crippen LogP contribution < -0.4 is 10.2 Å². The van der Waals surface area contributed by atoms with Gasteiger partial charge in [-0.25, -0.2) is 17.7 Å². The number of benzene rings is 2. The molecule has 35 heavy (non-hydrogen) atoms. The summed E-state index contributed by atoms with van der Waals surface area (Å²) in [6, 6.07) is 12.6. The van der Waals surface area contributed by atoms with Crippen LogP contribution in [-0.4, -0.2) is 54.7 Å². The van der Waals surface area contributed by atoms with Gasteiger partial charge in [0.05, 0.1) is 15.9 Å².